The number of urea groups is 1. The molecule has 2 N–H and O–H groups in total. The molecule has 1 aliphatic rings. The second kappa shape index (κ2) is 6.88. The van der Waals surface area contributed by atoms with Gasteiger partial charge in [0.25, 0.3) is 0 Å². The fraction of sp³-hybridized carbons (Fsp3) is 0.529. The minimum atomic E-state index is -3.38. The molecule has 9 heteroatoms. The van der Waals surface area contributed by atoms with E-state index in [9.17, 15) is 13.2 Å². The van der Waals surface area contributed by atoms with E-state index in [0.29, 0.717) is 42.7 Å². The molecule has 1 aromatic heterocycles. The number of benzene rings is 1. The minimum Gasteiger partial charge on any atom is -0.443 e. The molecule has 1 aromatic carbocycles. The number of piperidine rings is 1. The lowest BCUT2D eigenvalue weighted by Crippen LogP contribution is -2.50. The Morgan fingerprint density at radius 3 is 2.62 bits per heavy atom. The minimum absolute atomic E-state index is 0.144. The average Bonchev–Trinajstić information content (AvgIpc) is 3.01. The van der Waals surface area contributed by atoms with Crippen LogP contribution in [0.5, 0.6) is 0 Å². The molecule has 1 saturated heterocycles. The number of aromatic nitrogens is 1. The molecule has 8 nitrogen and oxygen atoms in total. The first-order valence-corrected chi connectivity index (χ1v) is 10.0. The zero-order chi connectivity index (χ0) is 18.9. The van der Waals surface area contributed by atoms with Gasteiger partial charge in [-0.05, 0) is 51.8 Å². The van der Waals surface area contributed by atoms with E-state index in [0.717, 1.165) is 0 Å². The highest BCUT2D eigenvalue weighted by molar-refractivity contribution is 7.90. The number of hydrogen-bond acceptors (Lipinski definition) is 5. The number of likely N-dealkylation sites (tertiary alicyclic amines) is 1. The van der Waals surface area contributed by atoms with Crippen molar-refractivity contribution < 1.29 is 17.6 Å². The van der Waals surface area contributed by atoms with Gasteiger partial charge in [-0.3, -0.25) is 0 Å². The molecule has 0 atom stereocenters. The fourth-order valence-electron chi connectivity index (χ4n) is 2.73. The summed E-state index contributed by atoms with van der Waals surface area (Å²) in [4.78, 5) is 18.2. The predicted molar refractivity (Wildman–Crippen MR) is 99.4 cm³/mol. The van der Waals surface area contributed by atoms with Crippen LogP contribution in [0.2, 0.25) is 0 Å². The molecule has 2 aromatic rings. The molecule has 0 bridgehead atoms. The van der Waals surface area contributed by atoms with Crippen molar-refractivity contribution in [2.75, 3.05) is 18.4 Å². The Morgan fingerprint density at radius 1 is 1.27 bits per heavy atom. The third-order valence-corrected chi connectivity index (χ3v) is 6.75. The van der Waals surface area contributed by atoms with Crippen LogP contribution in [0, 0.1) is 0 Å². The van der Waals surface area contributed by atoms with Crippen LogP contribution >= 0.6 is 0 Å². The first-order valence-electron chi connectivity index (χ1n) is 8.57. The average molecular weight is 380 g/mol. The Balaban J connectivity index is 1.55. The number of anilines is 1. The molecular weight excluding hydrogens is 356 g/mol. The zero-order valence-electron chi connectivity index (χ0n) is 15.2. The van der Waals surface area contributed by atoms with Gasteiger partial charge in [0, 0.05) is 24.8 Å². The van der Waals surface area contributed by atoms with E-state index >= 15 is 0 Å². The summed E-state index contributed by atoms with van der Waals surface area (Å²) in [6.45, 7) is 6.00. The molecule has 2 amide bonds. The Kier molecular flexibility index (Phi) is 4.94. The van der Waals surface area contributed by atoms with E-state index in [4.69, 9.17) is 4.42 Å². The standard InChI is InChI=1S/C17H24N4O4S/c1-17(2,3)26(23,24)20-12-6-8-21(9-7-12)16(22)19-13-4-5-15-14(10-13)18-11-25-15/h4-5,10-12,20H,6-9H2,1-3H3,(H,19,22). The van der Waals surface area contributed by atoms with Crippen molar-refractivity contribution in [2.24, 2.45) is 0 Å². The summed E-state index contributed by atoms with van der Waals surface area (Å²) in [7, 11) is -3.38. The van der Waals surface area contributed by atoms with Gasteiger partial charge < -0.3 is 14.6 Å². The van der Waals surface area contributed by atoms with Gasteiger partial charge in [0.15, 0.2) is 12.0 Å². The quantitative estimate of drug-likeness (QED) is 0.851. The molecule has 0 unspecified atom stereocenters. The van der Waals surface area contributed by atoms with Gasteiger partial charge in [0.2, 0.25) is 10.0 Å². The number of nitrogens with one attached hydrogen (secondary N) is 2. The zero-order valence-corrected chi connectivity index (χ0v) is 16.0. The number of sulfonamides is 1. The van der Waals surface area contributed by atoms with Gasteiger partial charge >= 0.3 is 6.03 Å². The van der Waals surface area contributed by atoms with Crippen molar-refractivity contribution in [1.29, 1.82) is 0 Å². The summed E-state index contributed by atoms with van der Waals surface area (Å²) in [6, 6.07) is 4.92. The second-order valence-electron chi connectivity index (χ2n) is 7.46. The molecule has 26 heavy (non-hydrogen) atoms. The van der Waals surface area contributed by atoms with Crippen LogP contribution in [-0.2, 0) is 10.0 Å². The molecule has 0 aliphatic carbocycles. The Morgan fingerprint density at radius 2 is 1.96 bits per heavy atom. The Bertz CT molecular complexity index is 893. The number of fused-ring (bicyclic) bond motifs is 1. The first-order chi connectivity index (χ1) is 12.2. The van der Waals surface area contributed by atoms with Crippen molar-refractivity contribution in [2.45, 2.75) is 44.4 Å². The van der Waals surface area contributed by atoms with Crippen molar-refractivity contribution in [3.05, 3.63) is 24.6 Å². The highest BCUT2D eigenvalue weighted by atomic mass is 32.2. The van der Waals surface area contributed by atoms with E-state index in [1.165, 1.54) is 6.39 Å². The lowest BCUT2D eigenvalue weighted by Gasteiger charge is -2.33. The van der Waals surface area contributed by atoms with Gasteiger partial charge in [-0.2, -0.15) is 0 Å². The number of hydrogen-bond donors (Lipinski definition) is 2. The van der Waals surface area contributed by atoms with Gasteiger partial charge in [-0.15, -0.1) is 0 Å². The van der Waals surface area contributed by atoms with E-state index in [1.54, 1.807) is 43.9 Å². The maximum Gasteiger partial charge on any atom is 0.321 e. The molecule has 0 saturated carbocycles. The Labute approximate surface area is 153 Å². The number of oxazole rings is 1. The SMILES string of the molecule is CC(C)(C)S(=O)(=O)NC1CCN(C(=O)Nc2ccc3ocnc3c2)CC1. The monoisotopic (exact) mass is 380 g/mol. The van der Waals surface area contributed by atoms with Crippen LogP contribution in [0.3, 0.4) is 0 Å². The highest BCUT2D eigenvalue weighted by Gasteiger charge is 2.33. The van der Waals surface area contributed by atoms with Crippen molar-refractivity contribution >= 4 is 32.8 Å². The van der Waals surface area contributed by atoms with Crippen molar-refractivity contribution in [3.8, 4) is 0 Å². The topological polar surface area (TPSA) is 105 Å². The van der Waals surface area contributed by atoms with E-state index in [-0.39, 0.29) is 12.1 Å². The molecular formula is C17H24N4O4S. The van der Waals surface area contributed by atoms with Crippen LogP contribution in [0.4, 0.5) is 10.5 Å². The smallest absolute Gasteiger partial charge is 0.321 e. The molecule has 0 radical (unpaired) electrons. The third kappa shape index (κ3) is 3.99. The largest absolute Gasteiger partial charge is 0.443 e. The van der Waals surface area contributed by atoms with E-state index in [2.05, 4.69) is 15.0 Å². The second-order valence-corrected chi connectivity index (χ2v) is 9.93. The number of amides is 2. The lowest BCUT2D eigenvalue weighted by molar-refractivity contribution is 0.193. The number of carbonyl (C=O) groups excluding carboxylic acids is 1. The highest BCUT2D eigenvalue weighted by Crippen LogP contribution is 2.20. The van der Waals surface area contributed by atoms with Gasteiger partial charge in [0.05, 0.1) is 4.75 Å². The van der Waals surface area contributed by atoms with Gasteiger partial charge in [-0.1, -0.05) is 0 Å². The molecule has 3 rings (SSSR count). The van der Waals surface area contributed by atoms with Crippen LogP contribution in [0.25, 0.3) is 11.1 Å². The fourth-order valence-corrected chi connectivity index (χ4v) is 3.76. The maximum atomic E-state index is 12.4. The normalized spacial score (nSPS) is 16.8. The molecule has 1 aliphatic heterocycles. The van der Waals surface area contributed by atoms with E-state index in [1.807, 2.05) is 0 Å². The predicted octanol–water partition coefficient (Wildman–Crippen LogP) is 2.54. The summed E-state index contributed by atoms with van der Waals surface area (Å²) < 4.78 is 31.6. The van der Waals surface area contributed by atoms with Crippen molar-refractivity contribution in [1.82, 2.24) is 14.6 Å². The molecule has 142 valence electrons. The summed E-state index contributed by atoms with van der Waals surface area (Å²) >= 11 is 0. The lowest BCUT2D eigenvalue weighted by atomic mass is 10.1. The summed E-state index contributed by atoms with van der Waals surface area (Å²) in [5, 5.41) is 2.85. The van der Waals surface area contributed by atoms with Crippen LogP contribution < -0.4 is 10.0 Å². The number of carbonyl (C=O) groups is 1. The summed E-state index contributed by atoms with van der Waals surface area (Å²) in [6.07, 6.45) is 2.54. The molecule has 1 fully saturated rings. The first kappa shape index (κ1) is 18.7. The van der Waals surface area contributed by atoms with Gasteiger partial charge in [-0.25, -0.2) is 22.9 Å². The van der Waals surface area contributed by atoms with Gasteiger partial charge in [0.1, 0.15) is 5.52 Å². The summed E-state index contributed by atoms with van der Waals surface area (Å²) in [5.41, 5.74) is 1.99. The third-order valence-electron chi connectivity index (χ3n) is 4.49. The van der Waals surface area contributed by atoms with Crippen LogP contribution in [-0.4, -0.2) is 48.2 Å². The van der Waals surface area contributed by atoms with Crippen LogP contribution in [0.1, 0.15) is 33.6 Å². The number of nitrogens with zero attached hydrogens (tertiary/aromatic N) is 2. The Hall–Kier alpha value is -2.13. The van der Waals surface area contributed by atoms with Crippen molar-refractivity contribution in [3.63, 3.8) is 0 Å². The maximum absolute atomic E-state index is 12.4. The summed E-state index contributed by atoms with van der Waals surface area (Å²) in [5.74, 6) is 0. The van der Waals surface area contributed by atoms with E-state index < -0.39 is 14.8 Å². The van der Waals surface area contributed by atoms with Crippen LogP contribution in [0.15, 0.2) is 29.0 Å². The molecule has 0 spiro atoms. The number of rotatable bonds is 3. The molecule has 2 heterocycles.